The molecule has 2 heterocycles. The van der Waals surface area contributed by atoms with Gasteiger partial charge in [-0.25, -0.2) is 0 Å². The lowest BCUT2D eigenvalue weighted by atomic mass is 9.95. The molecule has 0 aliphatic carbocycles. The molecule has 1 unspecified atom stereocenters. The number of rotatable bonds is 5. The van der Waals surface area contributed by atoms with Crippen LogP contribution in [-0.4, -0.2) is 37.5 Å². The molecule has 5 heteroatoms. The second kappa shape index (κ2) is 7.20. The number of nitrogens with one attached hydrogen (secondary N) is 2. The Morgan fingerprint density at radius 3 is 2.77 bits per heavy atom. The summed E-state index contributed by atoms with van der Waals surface area (Å²) in [6.45, 7) is 2.59. The standard InChI is InChI=1S/C21H23N3O2/c25-20-17-8-3-1-7-16(17)14-18(23-20)21(26)22-11-5-12-24-13-10-15-6-2-4-9-19(15)24/h1-4,6-9,18H,5,10-14H2,(H,22,26)(H,23,25). The van der Waals surface area contributed by atoms with Crippen LogP contribution in [0.1, 0.15) is 27.9 Å². The molecule has 0 fully saturated rings. The van der Waals surface area contributed by atoms with E-state index in [0.29, 0.717) is 18.5 Å². The molecule has 0 saturated carbocycles. The number of fused-ring (bicyclic) bond motifs is 2. The van der Waals surface area contributed by atoms with Crippen molar-refractivity contribution in [1.29, 1.82) is 0 Å². The van der Waals surface area contributed by atoms with Crippen LogP contribution in [0.25, 0.3) is 0 Å². The maximum absolute atomic E-state index is 12.4. The number of carbonyl (C=O) groups is 2. The number of hydrogen-bond acceptors (Lipinski definition) is 3. The molecule has 2 aliphatic rings. The molecule has 2 amide bonds. The third-order valence-electron chi connectivity index (χ3n) is 5.20. The number of carbonyl (C=O) groups excluding carboxylic acids is 2. The summed E-state index contributed by atoms with van der Waals surface area (Å²) in [6.07, 6.45) is 2.53. The molecule has 0 bridgehead atoms. The topological polar surface area (TPSA) is 61.4 Å². The minimum atomic E-state index is -0.482. The summed E-state index contributed by atoms with van der Waals surface area (Å²) in [4.78, 5) is 26.9. The van der Waals surface area contributed by atoms with Crippen LogP contribution in [0.2, 0.25) is 0 Å². The maximum Gasteiger partial charge on any atom is 0.252 e. The lowest BCUT2D eigenvalue weighted by Crippen LogP contribution is -2.51. The van der Waals surface area contributed by atoms with Crippen LogP contribution in [0.3, 0.4) is 0 Å². The van der Waals surface area contributed by atoms with Gasteiger partial charge in [0.2, 0.25) is 5.91 Å². The first-order chi connectivity index (χ1) is 12.7. The van der Waals surface area contributed by atoms with E-state index in [0.717, 1.165) is 31.5 Å². The van der Waals surface area contributed by atoms with Crippen LogP contribution < -0.4 is 15.5 Å². The number of hydrogen-bond donors (Lipinski definition) is 2. The minimum absolute atomic E-state index is 0.102. The van der Waals surface area contributed by atoms with E-state index in [4.69, 9.17) is 0 Å². The Hall–Kier alpha value is -2.82. The number of nitrogens with zero attached hydrogens (tertiary/aromatic N) is 1. The molecule has 26 heavy (non-hydrogen) atoms. The van der Waals surface area contributed by atoms with Gasteiger partial charge in [-0.15, -0.1) is 0 Å². The van der Waals surface area contributed by atoms with E-state index in [-0.39, 0.29) is 11.8 Å². The molecular formula is C21H23N3O2. The Labute approximate surface area is 153 Å². The molecular weight excluding hydrogens is 326 g/mol. The molecule has 0 spiro atoms. The van der Waals surface area contributed by atoms with Gasteiger partial charge in [-0.3, -0.25) is 9.59 Å². The van der Waals surface area contributed by atoms with Crippen molar-refractivity contribution in [3.63, 3.8) is 0 Å². The first kappa shape index (κ1) is 16.6. The molecule has 2 aliphatic heterocycles. The van der Waals surface area contributed by atoms with Gasteiger partial charge in [-0.2, -0.15) is 0 Å². The van der Waals surface area contributed by atoms with Gasteiger partial charge in [0.25, 0.3) is 5.91 Å². The predicted octanol–water partition coefficient (Wildman–Crippen LogP) is 1.91. The predicted molar refractivity (Wildman–Crippen MR) is 101 cm³/mol. The van der Waals surface area contributed by atoms with Crippen molar-refractivity contribution in [1.82, 2.24) is 10.6 Å². The van der Waals surface area contributed by atoms with Crippen LogP contribution in [0, 0.1) is 0 Å². The molecule has 1 atom stereocenters. The molecule has 2 aromatic carbocycles. The highest BCUT2D eigenvalue weighted by Crippen LogP contribution is 2.27. The highest BCUT2D eigenvalue weighted by atomic mass is 16.2. The lowest BCUT2D eigenvalue weighted by molar-refractivity contribution is -0.123. The van der Waals surface area contributed by atoms with Gasteiger partial charge in [-0.1, -0.05) is 36.4 Å². The van der Waals surface area contributed by atoms with Gasteiger partial charge in [0.05, 0.1) is 0 Å². The average Bonchev–Trinajstić information content (AvgIpc) is 3.08. The molecule has 2 aromatic rings. The quantitative estimate of drug-likeness (QED) is 0.811. The maximum atomic E-state index is 12.4. The fourth-order valence-electron chi connectivity index (χ4n) is 3.83. The third kappa shape index (κ3) is 3.29. The number of amides is 2. The summed E-state index contributed by atoms with van der Waals surface area (Å²) in [6, 6.07) is 15.5. The highest BCUT2D eigenvalue weighted by Gasteiger charge is 2.28. The summed E-state index contributed by atoms with van der Waals surface area (Å²) in [7, 11) is 0. The van der Waals surface area contributed by atoms with Crippen molar-refractivity contribution in [2.24, 2.45) is 0 Å². The Morgan fingerprint density at radius 1 is 1.12 bits per heavy atom. The zero-order valence-corrected chi connectivity index (χ0v) is 14.7. The van der Waals surface area contributed by atoms with Gasteiger partial charge >= 0.3 is 0 Å². The summed E-state index contributed by atoms with van der Waals surface area (Å²) >= 11 is 0. The van der Waals surface area contributed by atoms with E-state index in [1.165, 1.54) is 11.3 Å². The first-order valence-electron chi connectivity index (χ1n) is 9.22. The number of benzene rings is 2. The van der Waals surface area contributed by atoms with Crippen molar-refractivity contribution in [2.75, 3.05) is 24.5 Å². The van der Waals surface area contributed by atoms with E-state index < -0.39 is 6.04 Å². The van der Waals surface area contributed by atoms with Crippen molar-refractivity contribution < 1.29 is 9.59 Å². The van der Waals surface area contributed by atoms with Gasteiger partial charge < -0.3 is 15.5 Å². The monoisotopic (exact) mass is 349 g/mol. The molecule has 134 valence electrons. The van der Waals surface area contributed by atoms with E-state index >= 15 is 0 Å². The van der Waals surface area contributed by atoms with Crippen LogP contribution in [0.15, 0.2) is 48.5 Å². The Morgan fingerprint density at radius 2 is 1.88 bits per heavy atom. The zero-order valence-electron chi connectivity index (χ0n) is 14.7. The van der Waals surface area contributed by atoms with Crippen molar-refractivity contribution >= 4 is 17.5 Å². The summed E-state index contributed by atoms with van der Waals surface area (Å²) in [5, 5.41) is 5.78. The second-order valence-corrected chi connectivity index (χ2v) is 6.90. The summed E-state index contributed by atoms with van der Waals surface area (Å²) < 4.78 is 0. The van der Waals surface area contributed by atoms with E-state index in [1.54, 1.807) is 6.07 Å². The SMILES string of the molecule is O=C1NC(C(=O)NCCCN2CCc3ccccc32)Cc2ccccc21. The van der Waals surface area contributed by atoms with E-state index in [2.05, 4.69) is 39.8 Å². The first-order valence-corrected chi connectivity index (χ1v) is 9.22. The van der Waals surface area contributed by atoms with Crippen molar-refractivity contribution in [3.8, 4) is 0 Å². The van der Waals surface area contributed by atoms with Crippen molar-refractivity contribution in [3.05, 3.63) is 65.2 Å². The highest BCUT2D eigenvalue weighted by molar-refractivity contribution is 6.00. The molecule has 0 radical (unpaired) electrons. The van der Waals surface area contributed by atoms with E-state index in [1.807, 2.05) is 18.2 Å². The summed E-state index contributed by atoms with van der Waals surface area (Å²) in [5.41, 5.74) is 4.32. The second-order valence-electron chi connectivity index (χ2n) is 6.90. The van der Waals surface area contributed by atoms with Crippen LogP contribution in [0.5, 0.6) is 0 Å². The van der Waals surface area contributed by atoms with Gasteiger partial charge in [0.1, 0.15) is 6.04 Å². The fraction of sp³-hybridized carbons (Fsp3) is 0.333. The normalized spacial score (nSPS) is 18.1. The smallest absolute Gasteiger partial charge is 0.252 e. The number of para-hydroxylation sites is 1. The fourth-order valence-corrected chi connectivity index (χ4v) is 3.83. The lowest BCUT2D eigenvalue weighted by Gasteiger charge is -2.25. The Bertz CT molecular complexity index is 834. The van der Waals surface area contributed by atoms with Crippen molar-refractivity contribution in [2.45, 2.75) is 25.3 Å². The van der Waals surface area contributed by atoms with Crippen LogP contribution in [0.4, 0.5) is 5.69 Å². The molecule has 5 nitrogen and oxygen atoms in total. The Balaban J connectivity index is 1.26. The zero-order chi connectivity index (χ0) is 17.9. The molecule has 0 saturated heterocycles. The Kier molecular flexibility index (Phi) is 4.61. The van der Waals surface area contributed by atoms with Gasteiger partial charge in [0.15, 0.2) is 0 Å². The molecule has 4 rings (SSSR count). The van der Waals surface area contributed by atoms with Gasteiger partial charge in [-0.05, 0) is 36.1 Å². The number of anilines is 1. The van der Waals surface area contributed by atoms with Crippen LogP contribution in [-0.2, 0) is 17.6 Å². The van der Waals surface area contributed by atoms with Crippen LogP contribution >= 0.6 is 0 Å². The van der Waals surface area contributed by atoms with Gasteiger partial charge in [0, 0.05) is 37.3 Å². The van der Waals surface area contributed by atoms with E-state index in [9.17, 15) is 9.59 Å². The summed E-state index contributed by atoms with van der Waals surface area (Å²) in [5.74, 6) is -0.268. The third-order valence-corrected chi connectivity index (χ3v) is 5.20. The minimum Gasteiger partial charge on any atom is -0.371 e. The molecule has 0 aromatic heterocycles. The largest absolute Gasteiger partial charge is 0.371 e. The molecule has 2 N–H and O–H groups in total. The average molecular weight is 349 g/mol.